The van der Waals surface area contributed by atoms with Gasteiger partial charge in [-0.25, -0.2) is 5.48 Å². The smallest absolute Gasteiger partial charge is 0.248 e. The van der Waals surface area contributed by atoms with Crippen molar-refractivity contribution in [3.63, 3.8) is 0 Å². The molecule has 1 saturated carbocycles. The van der Waals surface area contributed by atoms with E-state index in [0.717, 1.165) is 6.42 Å². The molecule has 0 aromatic carbocycles. The summed E-state index contributed by atoms with van der Waals surface area (Å²) >= 11 is 0. The van der Waals surface area contributed by atoms with Gasteiger partial charge >= 0.3 is 0 Å². The maximum atomic E-state index is 12.2. The van der Waals surface area contributed by atoms with Crippen molar-refractivity contribution < 1.29 is 18.9 Å². The van der Waals surface area contributed by atoms with E-state index >= 15 is 0 Å². The first kappa shape index (κ1) is 13.5. The first-order valence-electron chi connectivity index (χ1n) is 6.83. The Balaban J connectivity index is 1.60. The van der Waals surface area contributed by atoms with Crippen molar-refractivity contribution in [1.82, 2.24) is 15.6 Å². The Morgan fingerprint density at radius 1 is 1.50 bits per heavy atom. The van der Waals surface area contributed by atoms with Crippen molar-refractivity contribution in [3.05, 3.63) is 11.7 Å². The molecule has 0 radical (unpaired) electrons. The molecule has 1 aliphatic heterocycles. The van der Waals surface area contributed by atoms with Gasteiger partial charge in [0.1, 0.15) is 6.10 Å². The first-order valence-corrected chi connectivity index (χ1v) is 6.83. The van der Waals surface area contributed by atoms with Crippen molar-refractivity contribution in [3.8, 4) is 0 Å². The molecule has 1 N–H and O–H groups in total. The molecule has 1 aliphatic carbocycles. The third-order valence-electron chi connectivity index (χ3n) is 4.13. The van der Waals surface area contributed by atoms with E-state index in [1.807, 2.05) is 13.8 Å². The number of nitrogens with zero attached hydrogens (tertiary/aromatic N) is 2. The Labute approximate surface area is 117 Å². The summed E-state index contributed by atoms with van der Waals surface area (Å²) in [6.07, 6.45) is 0.755. The molecular weight excluding hydrogens is 262 g/mol. The number of hydrogen-bond acceptors (Lipinski definition) is 6. The molecule has 1 saturated heterocycles. The van der Waals surface area contributed by atoms with E-state index in [9.17, 15) is 4.79 Å². The van der Waals surface area contributed by atoms with Crippen LogP contribution in [0.25, 0.3) is 0 Å². The van der Waals surface area contributed by atoms with Crippen LogP contribution in [0.1, 0.15) is 37.9 Å². The Hall–Kier alpha value is -1.47. The molecule has 7 heteroatoms. The van der Waals surface area contributed by atoms with Gasteiger partial charge in [0.2, 0.25) is 11.8 Å². The van der Waals surface area contributed by atoms with Crippen LogP contribution in [0.2, 0.25) is 0 Å². The fourth-order valence-electron chi connectivity index (χ4n) is 2.84. The molecule has 20 heavy (non-hydrogen) atoms. The van der Waals surface area contributed by atoms with Crippen LogP contribution in [-0.4, -0.2) is 35.4 Å². The number of nitrogens with one attached hydrogen (secondary N) is 1. The summed E-state index contributed by atoms with van der Waals surface area (Å²) in [4.78, 5) is 21.8. The summed E-state index contributed by atoms with van der Waals surface area (Å²) in [5.41, 5.74) is 2.34. The predicted octanol–water partition coefficient (Wildman–Crippen LogP) is 0.954. The predicted molar refractivity (Wildman–Crippen MR) is 67.5 cm³/mol. The zero-order valence-corrected chi connectivity index (χ0v) is 11.9. The molecule has 2 aliphatic rings. The molecule has 1 aromatic heterocycles. The number of hydrogen-bond donors (Lipinski definition) is 1. The van der Waals surface area contributed by atoms with E-state index in [0.29, 0.717) is 24.9 Å². The maximum absolute atomic E-state index is 12.2. The number of carbonyl (C=O) groups is 1. The molecule has 1 unspecified atom stereocenters. The molecule has 7 nitrogen and oxygen atoms in total. The number of amides is 1. The lowest BCUT2D eigenvalue weighted by molar-refractivity contribution is -0.140. The number of aromatic nitrogens is 2. The molecule has 0 bridgehead atoms. The zero-order chi connectivity index (χ0) is 14.3. The van der Waals surface area contributed by atoms with Crippen LogP contribution in [0.3, 0.4) is 0 Å². The standard InChI is InChI=1S/C13H19N3O4/c1-7-14-12(20-15-7)10-9(13(10,2)3)11(17)16-19-8-4-5-18-6-8/h8-10H,4-6H2,1-3H3,(H,16,17)/t8?,9-,10+/m1/s1. The van der Waals surface area contributed by atoms with Crippen LogP contribution in [0.15, 0.2) is 4.52 Å². The normalized spacial score (nSPS) is 31.2. The largest absolute Gasteiger partial charge is 0.379 e. The third kappa shape index (κ3) is 2.31. The zero-order valence-electron chi connectivity index (χ0n) is 11.9. The Morgan fingerprint density at radius 3 is 2.90 bits per heavy atom. The topological polar surface area (TPSA) is 86.5 Å². The van der Waals surface area contributed by atoms with Gasteiger partial charge in [0.05, 0.1) is 18.4 Å². The van der Waals surface area contributed by atoms with Crippen molar-refractivity contribution in [2.45, 2.75) is 39.2 Å². The monoisotopic (exact) mass is 281 g/mol. The lowest BCUT2D eigenvalue weighted by Crippen LogP contribution is -2.32. The van der Waals surface area contributed by atoms with Crippen LogP contribution in [-0.2, 0) is 14.4 Å². The second-order valence-corrected chi connectivity index (χ2v) is 6.03. The number of aryl methyl sites for hydroxylation is 1. The molecule has 0 spiro atoms. The molecule has 1 amide bonds. The van der Waals surface area contributed by atoms with Crippen LogP contribution in [0, 0.1) is 18.3 Å². The molecule has 2 fully saturated rings. The number of ether oxygens (including phenoxy) is 1. The fourth-order valence-corrected chi connectivity index (χ4v) is 2.84. The molecule has 2 heterocycles. The second-order valence-electron chi connectivity index (χ2n) is 6.03. The quantitative estimate of drug-likeness (QED) is 0.827. The summed E-state index contributed by atoms with van der Waals surface area (Å²) in [6, 6.07) is 0. The third-order valence-corrected chi connectivity index (χ3v) is 4.13. The van der Waals surface area contributed by atoms with Gasteiger partial charge in [-0.2, -0.15) is 4.98 Å². The first-order chi connectivity index (χ1) is 9.50. The van der Waals surface area contributed by atoms with Crippen molar-refractivity contribution in [1.29, 1.82) is 0 Å². The average molecular weight is 281 g/mol. The molecular formula is C13H19N3O4. The van der Waals surface area contributed by atoms with Crippen LogP contribution >= 0.6 is 0 Å². The van der Waals surface area contributed by atoms with Crippen molar-refractivity contribution in [2.24, 2.45) is 11.3 Å². The van der Waals surface area contributed by atoms with Gasteiger partial charge in [-0.05, 0) is 12.3 Å². The van der Waals surface area contributed by atoms with Gasteiger partial charge in [0.15, 0.2) is 5.82 Å². The van der Waals surface area contributed by atoms with Crippen LogP contribution in [0.4, 0.5) is 0 Å². The van der Waals surface area contributed by atoms with E-state index in [1.165, 1.54) is 0 Å². The SMILES string of the molecule is Cc1noc([C@@H]2[C@H](C(=O)NOC3CCOC3)C2(C)C)n1. The maximum Gasteiger partial charge on any atom is 0.248 e. The molecule has 110 valence electrons. The van der Waals surface area contributed by atoms with Gasteiger partial charge < -0.3 is 9.26 Å². The second kappa shape index (κ2) is 4.82. The minimum atomic E-state index is -0.204. The van der Waals surface area contributed by atoms with Gasteiger partial charge in [-0.1, -0.05) is 19.0 Å². The summed E-state index contributed by atoms with van der Waals surface area (Å²) in [7, 11) is 0. The summed E-state index contributed by atoms with van der Waals surface area (Å²) in [5, 5.41) is 3.78. The van der Waals surface area contributed by atoms with Crippen molar-refractivity contribution in [2.75, 3.05) is 13.2 Å². The minimum Gasteiger partial charge on any atom is -0.379 e. The van der Waals surface area contributed by atoms with Gasteiger partial charge in [0.25, 0.3) is 0 Å². The van der Waals surface area contributed by atoms with E-state index < -0.39 is 0 Å². The van der Waals surface area contributed by atoms with Gasteiger partial charge in [0, 0.05) is 13.0 Å². The lowest BCUT2D eigenvalue weighted by Gasteiger charge is -2.10. The summed E-state index contributed by atoms with van der Waals surface area (Å²) in [5.74, 6) is 0.720. The lowest BCUT2D eigenvalue weighted by atomic mass is 10.1. The van der Waals surface area contributed by atoms with E-state index in [2.05, 4.69) is 15.6 Å². The molecule has 3 atom stereocenters. The van der Waals surface area contributed by atoms with Crippen molar-refractivity contribution >= 4 is 5.91 Å². The highest BCUT2D eigenvalue weighted by molar-refractivity contribution is 5.83. The minimum absolute atomic E-state index is 0.0490. The summed E-state index contributed by atoms with van der Waals surface area (Å²) in [6.45, 7) is 7.00. The molecule has 3 rings (SSSR count). The Bertz CT molecular complexity index is 507. The highest BCUT2D eigenvalue weighted by atomic mass is 16.7. The Morgan fingerprint density at radius 2 is 2.30 bits per heavy atom. The Kier molecular flexibility index (Phi) is 3.25. The number of rotatable bonds is 4. The van der Waals surface area contributed by atoms with E-state index in [1.54, 1.807) is 6.92 Å². The fraction of sp³-hybridized carbons (Fsp3) is 0.769. The highest BCUT2D eigenvalue weighted by Crippen LogP contribution is 2.64. The number of hydroxylamine groups is 1. The summed E-state index contributed by atoms with van der Waals surface area (Å²) < 4.78 is 10.4. The van der Waals surface area contributed by atoms with Gasteiger partial charge in [-0.3, -0.25) is 9.63 Å². The average Bonchev–Trinajstić information content (AvgIpc) is 2.85. The molecule has 1 aromatic rings. The highest BCUT2D eigenvalue weighted by Gasteiger charge is 2.65. The van der Waals surface area contributed by atoms with Gasteiger partial charge in [-0.15, -0.1) is 0 Å². The number of carbonyl (C=O) groups excluding carboxylic acids is 1. The van der Waals surface area contributed by atoms with Crippen LogP contribution < -0.4 is 5.48 Å². The van der Waals surface area contributed by atoms with Crippen LogP contribution in [0.5, 0.6) is 0 Å². The van der Waals surface area contributed by atoms with E-state index in [-0.39, 0.29) is 29.3 Å². The van der Waals surface area contributed by atoms with E-state index in [4.69, 9.17) is 14.1 Å².